The average Bonchev–Trinajstić information content (AvgIpc) is 3.11. The van der Waals surface area contributed by atoms with Crippen molar-refractivity contribution in [1.82, 2.24) is 20.0 Å². The van der Waals surface area contributed by atoms with Crippen molar-refractivity contribution < 1.29 is 18.7 Å². The van der Waals surface area contributed by atoms with E-state index in [4.69, 9.17) is 16.3 Å². The van der Waals surface area contributed by atoms with Crippen molar-refractivity contribution in [3.05, 3.63) is 70.1 Å². The fourth-order valence-electron chi connectivity index (χ4n) is 3.78. The molecule has 2 amide bonds. The number of carbonyl (C=O) groups excluding carboxylic acids is 2. The summed E-state index contributed by atoms with van der Waals surface area (Å²) in [7, 11) is 1.73. The Morgan fingerprint density at radius 1 is 1.28 bits per heavy atom. The molecule has 2 heterocycles. The van der Waals surface area contributed by atoms with Crippen LogP contribution in [0.1, 0.15) is 28.5 Å². The molecule has 0 fully saturated rings. The fourth-order valence-corrected chi connectivity index (χ4v) is 3.96. The van der Waals surface area contributed by atoms with E-state index >= 15 is 0 Å². The molecule has 0 unspecified atom stereocenters. The van der Waals surface area contributed by atoms with E-state index in [1.165, 1.54) is 11.0 Å². The first-order valence-electron chi connectivity index (χ1n) is 10.2. The number of aryl methyl sites for hydroxylation is 1. The summed E-state index contributed by atoms with van der Waals surface area (Å²) in [6.07, 6.45) is 0. The lowest BCUT2D eigenvalue weighted by Crippen LogP contribution is -2.41. The molecule has 0 spiro atoms. The van der Waals surface area contributed by atoms with E-state index in [1.807, 2.05) is 0 Å². The molecule has 0 saturated heterocycles. The number of rotatable bonds is 6. The van der Waals surface area contributed by atoms with Crippen LogP contribution in [0.2, 0.25) is 5.02 Å². The zero-order valence-electron chi connectivity index (χ0n) is 17.7. The van der Waals surface area contributed by atoms with Gasteiger partial charge in [0.1, 0.15) is 24.7 Å². The number of carbonyl (C=O) groups is 2. The zero-order valence-corrected chi connectivity index (χ0v) is 18.4. The molecule has 1 aliphatic heterocycles. The van der Waals surface area contributed by atoms with Crippen LogP contribution in [0.3, 0.4) is 0 Å². The number of hydrogen-bond donors (Lipinski definition) is 1. The largest absolute Gasteiger partial charge is 0.488 e. The molecule has 0 atom stereocenters. The van der Waals surface area contributed by atoms with Crippen molar-refractivity contribution in [3.8, 4) is 17.0 Å². The van der Waals surface area contributed by atoms with E-state index in [1.54, 1.807) is 55.1 Å². The summed E-state index contributed by atoms with van der Waals surface area (Å²) in [4.78, 5) is 27.1. The van der Waals surface area contributed by atoms with Gasteiger partial charge in [-0.05, 0) is 31.2 Å². The Bertz CT molecular complexity index is 1190. The lowest BCUT2D eigenvalue weighted by molar-refractivity contribution is -0.121. The monoisotopic (exact) mass is 456 g/mol. The van der Waals surface area contributed by atoms with Gasteiger partial charge in [-0.3, -0.25) is 14.3 Å². The number of fused-ring (bicyclic) bond motifs is 3. The molecule has 1 N–H and O–H groups in total. The highest BCUT2D eigenvalue weighted by Crippen LogP contribution is 2.40. The summed E-state index contributed by atoms with van der Waals surface area (Å²) in [5.41, 5.74) is 2.52. The quantitative estimate of drug-likeness (QED) is 0.615. The molecule has 166 valence electrons. The van der Waals surface area contributed by atoms with Crippen molar-refractivity contribution in [3.63, 3.8) is 0 Å². The summed E-state index contributed by atoms with van der Waals surface area (Å²) < 4.78 is 21.7. The highest BCUT2D eigenvalue weighted by Gasteiger charge is 2.31. The van der Waals surface area contributed by atoms with Crippen LogP contribution in [0, 0.1) is 5.82 Å². The molecule has 9 heteroatoms. The first-order valence-corrected chi connectivity index (χ1v) is 10.5. The van der Waals surface area contributed by atoms with Crippen LogP contribution in [0.5, 0.6) is 5.75 Å². The van der Waals surface area contributed by atoms with Gasteiger partial charge in [-0.1, -0.05) is 29.8 Å². The van der Waals surface area contributed by atoms with E-state index in [0.717, 1.165) is 11.3 Å². The Labute approximate surface area is 189 Å². The highest BCUT2D eigenvalue weighted by molar-refractivity contribution is 6.31. The third-order valence-electron chi connectivity index (χ3n) is 5.23. The van der Waals surface area contributed by atoms with Crippen LogP contribution in [-0.2, 0) is 25.0 Å². The number of benzene rings is 2. The molecule has 0 radical (unpaired) electrons. The highest BCUT2D eigenvalue weighted by atomic mass is 35.5. The average molecular weight is 457 g/mol. The SMILES string of the molecule is CCNC(=O)CN(Cc1ccccc1F)C(=O)c1nn(C)c2c1COc1ccc(Cl)cc1-2. The second-order valence-electron chi connectivity index (χ2n) is 7.43. The number of halogens is 2. The summed E-state index contributed by atoms with van der Waals surface area (Å²) in [5, 5.41) is 7.65. The zero-order chi connectivity index (χ0) is 22.8. The van der Waals surface area contributed by atoms with E-state index < -0.39 is 11.7 Å². The van der Waals surface area contributed by atoms with Gasteiger partial charge in [-0.25, -0.2) is 4.39 Å². The van der Waals surface area contributed by atoms with Crippen molar-refractivity contribution in [2.75, 3.05) is 13.1 Å². The Morgan fingerprint density at radius 3 is 2.81 bits per heavy atom. The van der Waals surface area contributed by atoms with Crippen LogP contribution < -0.4 is 10.1 Å². The van der Waals surface area contributed by atoms with E-state index in [-0.39, 0.29) is 31.3 Å². The predicted octanol–water partition coefficient (Wildman–Crippen LogP) is 3.55. The third kappa shape index (κ3) is 4.18. The van der Waals surface area contributed by atoms with Crippen molar-refractivity contribution in [2.45, 2.75) is 20.1 Å². The number of nitrogens with one attached hydrogen (secondary N) is 1. The van der Waals surface area contributed by atoms with E-state index in [0.29, 0.717) is 28.4 Å². The smallest absolute Gasteiger partial charge is 0.275 e. The van der Waals surface area contributed by atoms with E-state index in [2.05, 4.69) is 10.4 Å². The van der Waals surface area contributed by atoms with Crippen LogP contribution in [0.4, 0.5) is 4.39 Å². The first kappa shape index (κ1) is 21.8. The van der Waals surface area contributed by atoms with Gasteiger partial charge in [0.2, 0.25) is 5.91 Å². The molecule has 1 aromatic heterocycles. The lowest BCUT2D eigenvalue weighted by atomic mass is 10.0. The molecule has 2 aromatic carbocycles. The number of amides is 2. The number of hydrogen-bond acceptors (Lipinski definition) is 4. The molecule has 32 heavy (non-hydrogen) atoms. The molecule has 3 aromatic rings. The maximum atomic E-state index is 14.3. The van der Waals surface area contributed by atoms with Crippen molar-refractivity contribution in [1.29, 1.82) is 0 Å². The molecule has 4 rings (SSSR count). The van der Waals surface area contributed by atoms with Gasteiger partial charge >= 0.3 is 0 Å². The van der Waals surface area contributed by atoms with Gasteiger partial charge in [-0.2, -0.15) is 5.10 Å². The second kappa shape index (κ2) is 9.00. The van der Waals surface area contributed by atoms with Crippen LogP contribution in [0.15, 0.2) is 42.5 Å². The molecule has 7 nitrogen and oxygen atoms in total. The number of nitrogens with zero attached hydrogens (tertiary/aromatic N) is 3. The fraction of sp³-hybridized carbons (Fsp3) is 0.261. The Balaban J connectivity index is 1.72. The van der Waals surface area contributed by atoms with Gasteiger partial charge in [0.05, 0.1) is 5.69 Å². The Hall–Kier alpha value is -3.39. The van der Waals surface area contributed by atoms with Crippen molar-refractivity contribution in [2.24, 2.45) is 7.05 Å². The Morgan fingerprint density at radius 2 is 2.06 bits per heavy atom. The first-order chi connectivity index (χ1) is 15.4. The minimum Gasteiger partial charge on any atom is -0.488 e. The Kier molecular flexibility index (Phi) is 6.14. The minimum absolute atomic E-state index is 0.0722. The van der Waals surface area contributed by atoms with Crippen molar-refractivity contribution >= 4 is 23.4 Å². The second-order valence-corrected chi connectivity index (χ2v) is 7.87. The minimum atomic E-state index is -0.481. The van der Waals surface area contributed by atoms with Crippen LogP contribution in [0.25, 0.3) is 11.3 Å². The van der Waals surface area contributed by atoms with Gasteiger partial charge < -0.3 is 15.0 Å². The number of likely N-dealkylation sites (N-methyl/N-ethyl adjacent to an activating group) is 1. The predicted molar refractivity (Wildman–Crippen MR) is 118 cm³/mol. The maximum absolute atomic E-state index is 14.3. The summed E-state index contributed by atoms with van der Waals surface area (Å²) in [5.74, 6) is -0.619. The van der Waals surface area contributed by atoms with Crippen LogP contribution >= 0.6 is 11.6 Å². The molecular weight excluding hydrogens is 435 g/mol. The number of ether oxygens (including phenoxy) is 1. The molecule has 0 aliphatic carbocycles. The van der Waals surface area contributed by atoms with Gasteiger partial charge in [0.25, 0.3) is 5.91 Å². The normalized spacial score (nSPS) is 11.9. The van der Waals surface area contributed by atoms with Gasteiger partial charge in [0, 0.05) is 41.9 Å². The molecule has 0 saturated carbocycles. The summed E-state index contributed by atoms with van der Waals surface area (Å²) in [6.45, 7) is 2.06. The van der Waals surface area contributed by atoms with E-state index in [9.17, 15) is 14.0 Å². The van der Waals surface area contributed by atoms with Crippen LogP contribution in [-0.4, -0.2) is 39.6 Å². The van der Waals surface area contributed by atoms with Gasteiger partial charge in [0.15, 0.2) is 5.69 Å². The topological polar surface area (TPSA) is 76.5 Å². The molecule has 1 aliphatic rings. The summed E-state index contributed by atoms with van der Waals surface area (Å²) in [6, 6.07) is 11.4. The third-order valence-corrected chi connectivity index (χ3v) is 5.47. The molecule has 0 bridgehead atoms. The van der Waals surface area contributed by atoms with Gasteiger partial charge in [-0.15, -0.1) is 0 Å². The standard InChI is InChI=1S/C23H22ClFN4O3/c1-3-26-20(30)12-29(11-14-6-4-5-7-18(14)25)23(31)21-17-13-32-19-9-8-15(24)10-16(19)22(17)28(2)27-21/h4-10H,3,11-13H2,1-2H3,(H,26,30). The lowest BCUT2D eigenvalue weighted by Gasteiger charge is -2.23. The summed E-state index contributed by atoms with van der Waals surface area (Å²) >= 11 is 6.17. The number of aromatic nitrogens is 2. The molecular formula is C23H22ClFN4O3. The maximum Gasteiger partial charge on any atom is 0.275 e.